The molecule has 0 bridgehead atoms. The van der Waals surface area contributed by atoms with Crippen LogP contribution in [0.5, 0.6) is 0 Å². The molecule has 0 saturated heterocycles. The van der Waals surface area contributed by atoms with E-state index >= 15 is 0 Å². The summed E-state index contributed by atoms with van der Waals surface area (Å²) >= 11 is 1.71. The van der Waals surface area contributed by atoms with Crippen LogP contribution in [0.4, 0.5) is 0 Å². The van der Waals surface area contributed by atoms with Crippen LogP contribution in [0, 0.1) is 0 Å². The highest BCUT2D eigenvalue weighted by Gasteiger charge is 2.81. The van der Waals surface area contributed by atoms with Crippen LogP contribution in [-0.2, 0) is 39.6 Å². The summed E-state index contributed by atoms with van der Waals surface area (Å²) in [4.78, 5) is 13.5. The third-order valence-electron chi connectivity index (χ3n) is 18.8. The molecular weight excluding hydrogens is 737 g/mol. The van der Waals surface area contributed by atoms with Gasteiger partial charge in [-0.1, -0.05) is 54.1 Å². The molecule has 8 aliphatic rings. The summed E-state index contributed by atoms with van der Waals surface area (Å²) in [7, 11) is 0. The SMILES string of the molecule is O=C(CCCC1(c2ccccc2)C2c3cc4c5c6c(cc7c8c9c%10c%11c%12c%13c%14c%15c(c%16c3c5c3c%16c%14c%12c9c3c68)C21CC%15C=C%13CC%11CC=%10C7)C4)OCCc1ccsc1. The average Bonchev–Trinajstić information content (AvgIpc) is 4.03. The number of hydrogen-bond acceptors (Lipinski definition) is 3. The molecule has 5 unspecified atom stereocenters. The van der Waals surface area contributed by atoms with Gasteiger partial charge in [-0.2, -0.15) is 11.3 Å². The second kappa shape index (κ2) is 8.43. The fourth-order valence-corrected chi connectivity index (χ4v) is 18.4. The first kappa shape index (κ1) is 28.8. The summed E-state index contributed by atoms with van der Waals surface area (Å²) in [5.74, 6) is 1.42. The van der Waals surface area contributed by atoms with E-state index in [1.165, 1.54) is 30.4 Å². The van der Waals surface area contributed by atoms with E-state index in [4.69, 9.17) is 4.74 Å². The van der Waals surface area contributed by atoms with Crippen LogP contribution < -0.4 is 5.22 Å². The third kappa shape index (κ3) is 2.52. The van der Waals surface area contributed by atoms with Gasteiger partial charge in [-0.15, -0.1) is 0 Å². The van der Waals surface area contributed by atoms with Gasteiger partial charge in [0.2, 0.25) is 0 Å². The molecule has 11 aromatic rings. The first-order valence-electron chi connectivity index (χ1n) is 22.5. The van der Waals surface area contributed by atoms with E-state index in [0.717, 1.165) is 32.1 Å². The minimum absolute atomic E-state index is 0.00819. The van der Waals surface area contributed by atoms with E-state index < -0.39 is 0 Å². The fourth-order valence-electron chi connectivity index (χ4n) is 17.7. The fraction of sp³-hybridized carbons (Fsp3) is 0.268. The number of hydrogen-bond donors (Lipinski definition) is 0. The lowest BCUT2D eigenvalue weighted by Gasteiger charge is -2.28. The predicted octanol–water partition coefficient (Wildman–Crippen LogP) is 12.5. The van der Waals surface area contributed by atoms with Crippen LogP contribution in [0.15, 0.2) is 65.4 Å². The molecule has 3 heteroatoms. The lowest BCUT2D eigenvalue weighted by atomic mass is 9.75. The van der Waals surface area contributed by atoms with E-state index in [0.29, 0.717) is 30.8 Å². The maximum Gasteiger partial charge on any atom is 0.305 e. The van der Waals surface area contributed by atoms with Crippen molar-refractivity contribution in [2.45, 2.75) is 86.4 Å². The lowest BCUT2D eigenvalue weighted by molar-refractivity contribution is -0.143. The van der Waals surface area contributed by atoms with E-state index in [-0.39, 0.29) is 16.8 Å². The van der Waals surface area contributed by atoms with E-state index in [2.05, 4.69) is 65.4 Å². The normalized spacial score (nSPS) is 26.7. The van der Waals surface area contributed by atoms with E-state index in [1.807, 2.05) is 0 Å². The van der Waals surface area contributed by atoms with Crippen LogP contribution in [0.1, 0.15) is 112 Å². The molecule has 1 fully saturated rings. The van der Waals surface area contributed by atoms with Gasteiger partial charge in [-0.05, 0) is 220 Å². The van der Waals surface area contributed by atoms with Crippen molar-refractivity contribution in [1.29, 1.82) is 0 Å². The molecule has 276 valence electrons. The van der Waals surface area contributed by atoms with Crippen molar-refractivity contribution in [3.05, 3.63) is 126 Å². The van der Waals surface area contributed by atoms with Crippen LogP contribution in [0.25, 0.3) is 97.3 Å². The second-order valence-electron chi connectivity index (χ2n) is 20.5. The largest absolute Gasteiger partial charge is 0.465 e. The minimum Gasteiger partial charge on any atom is -0.465 e. The maximum atomic E-state index is 13.5. The highest BCUT2D eigenvalue weighted by molar-refractivity contribution is 7.08. The molecule has 0 amide bonds. The van der Waals surface area contributed by atoms with Gasteiger partial charge < -0.3 is 4.74 Å². The predicted molar refractivity (Wildman–Crippen MR) is 240 cm³/mol. The second-order valence-corrected chi connectivity index (χ2v) is 21.3. The first-order chi connectivity index (χ1) is 29.2. The Balaban J connectivity index is 0.953. The highest BCUT2D eigenvalue weighted by atomic mass is 32.1. The standard InChI is InChI=1S/C56H34O2S/c57-32(58-11-8-22-9-12-59-21-22)7-4-10-55(30-5-2-1-3-6-30)54-31-19-28-17-25-15-26-14-23-13-24-16-27-18-29-20-56(54,55)53-39(29)44-38(27)43-34(24)33(23)41-37(26)42-35(25)36(28)45-40(31)52(53)51-49(44)47(43)46(41)48(42)50(45)51/h1-3,5-6,9,12,15,18-19,21,24,29,54H,4,7-8,10-11,13-14,16-17,20H2. The number of rotatable bonds is 8. The zero-order chi connectivity index (χ0) is 37.3. The summed E-state index contributed by atoms with van der Waals surface area (Å²) in [6, 6.07) is 19.3. The number of esters is 1. The van der Waals surface area contributed by atoms with E-state index in [9.17, 15) is 4.79 Å². The summed E-state index contributed by atoms with van der Waals surface area (Å²) in [5.41, 5.74) is 19.4. The quantitative estimate of drug-likeness (QED) is 0.114. The Morgan fingerprint density at radius 2 is 1.49 bits per heavy atom. The molecule has 1 aromatic heterocycles. The molecule has 19 rings (SSSR count). The Morgan fingerprint density at radius 1 is 0.746 bits per heavy atom. The Bertz CT molecular complexity index is 4010. The van der Waals surface area contributed by atoms with Crippen LogP contribution in [-0.4, -0.2) is 12.6 Å². The monoisotopic (exact) mass is 770 g/mol. The van der Waals surface area contributed by atoms with Gasteiger partial charge in [-0.25, -0.2) is 0 Å². The molecule has 5 atom stereocenters. The number of fused-ring (bicyclic) bond motifs is 1. The molecule has 59 heavy (non-hydrogen) atoms. The van der Waals surface area contributed by atoms with Gasteiger partial charge in [0, 0.05) is 35.5 Å². The molecule has 2 nitrogen and oxygen atoms in total. The minimum atomic E-state index is -0.0729. The zero-order valence-corrected chi connectivity index (χ0v) is 33.2. The molecule has 1 spiro atoms. The number of benzene rings is 7. The van der Waals surface area contributed by atoms with Crippen molar-refractivity contribution in [2.75, 3.05) is 6.61 Å². The topological polar surface area (TPSA) is 26.3 Å². The van der Waals surface area contributed by atoms with Crippen LogP contribution in [0.3, 0.4) is 0 Å². The van der Waals surface area contributed by atoms with Crippen molar-refractivity contribution in [3.63, 3.8) is 0 Å². The number of allylic oxidation sites excluding steroid dienone is 2. The first-order valence-corrected chi connectivity index (χ1v) is 23.4. The van der Waals surface area contributed by atoms with Crippen molar-refractivity contribution in [2.24, 2.45) is 0 Å². The van der Waals surface area contributed by atoms with Crippen molar-refractivity contribution in [1.82, 2.24) is 0 Å². The summed E-state index contributed by atoms with van der Waals surface area (Å²) in [5, 5.41) is 32.3. The van der Waals surface area contributed by atoms with Crippen molar-refractivity contribution in [3.8, 4) is 0 Å². The molecule has 0 N–H and O–H groups in total. The lowest BCUT2D eigenvalue weighted by Crippen LogP contribution is -2.21. The van der Waals surface area contributed by atoms with Gasteiger partial charge in [0.15, 0.2) is 0 Å². The Kier molecular flexibility index (Phi) is 4.12. The van der Waals surface area contributed by atoms with Crippen molar-refractivity contribution >= 4 is 115 Å². The van der Waals surface area contributed by atoms with E-state index in [1.54, 1.807) is 158 Å². The molecule has 8 aliphatic carbocycles. The third-order valence-corrected chi connectivity index (χ3v) is 19.6. The Labute approximate surface area is 341 Å². The number of carbonyl (C=O) groups is 1. The molecule has 0 aliphatic heterocycles. The summed E-state index contributed by atoms with van der Waals surface area (Å²) in [6.07, 6.45) is 11.8. The van der Waals surface area contributed by atoms with Crippen LogP contribution >= 0.6 is 11.3 Å². The van der Waals surface area contributed by atoms with Crippen molar-refractivity contribution < 1.29 is 9.53 Å². The summed E-state index contributed by atoms with van der Waals surface area (Å²) < 4.78 is 5.91. The Morgan fingerprint density at radius 3 is 2.36 bits per heavy atom. The zero-order valence-electron chi connectivity index (χ0n) is 32.4. The van der Waals surface area contributed by atoms with Gasteiger partial charge in [0.1, 0.15) is 0 Å². The number of thiophene rings is 1. The van der Waals surface area contributed by atoms with Gasteiger partial charge in [-0.3, -0.25) is 4.79 Å². The molecule has 0 radical (unpaired) electrons. The molecular formula is C56H34O2S. The molecule has 1 saturated carbocycles. The summed E-state index contributed by atoms with van der Waals surface area (Å²) in [6.45, 7) is 0.465. The van der Waals surface area contributed by atoms with Gasteiger partial charge in [0.05, 0.1) is 6.61 Å². The maximum absolute atomic E-state index is 13.5. The average molecular weight is 771 g/mol. The van der Waals surface area contributed by atoms with Crippen LogP contribution in [0.2, 0.25) is 0 Å². The smallest absolute Gasteiger partial charge is 0.305 e. The molecule has 10 aromatic carbocycles. The number of carbonyl (C=O) groups excluding carboxylic acids is 1. The highest BCUT2D eigenvalue weighted by Crippen LogP contribution is 2.87. The van der Waals surface area contributed by atoms with Gasteiger partial charge in [0.25, 0.3) is 0 Å². The molecule has 1 heterocycles. The van der Waals surface area contributed by atoms with Gasteiger partial charge >= 0.3 is 5.97 Å². The Hall–Kier alpha value is -5.51. The number of ether oxygens (including phenoxy) is 1.